The second-order valence-corrected chi connectivity index (χ2v) is 10.4. The zero-order valence-corrected chi connectivity index (χ0v) is 22.2. The molecule has 8 nitrogen and oxygen atoms in total. The molecule has 1 atom stereocenters. The van der Waals surface area contributed by atoms with Crippen molar-refractivity contribution in [2.75, 3.05) is 43.9 Å². The molecule has 0 unspecified atom stereocenters. The lowest BCUT2D eigenvalue weighted by Crippen LogP contribution is -2.71. The van der Waals surface area contributed by atoms with Crippen molar-refractivity contribution in [3.63, 3.8) is 0 Å². The SMILES string of the molecule is COc1cc(N)c(C(=N)c2cnc(N3CC4(CNC4)C3)c(F)c2)cc1O[C@H](C)c1c(Cl)cnc(C)c1Cl. The fourth-order valence-electron chi connectivity index (χ4n) is 4.82. The van der Waals surface area contributed by atoms with Gasteiger partial charge < -0.3 is 25.4 Å². The maximum absolute atomic E-state index is 15.0. The fraction of sp³-hybridized carbons (Fsp3) is 0.346. The number of hydrogen-bond donors (Lipinski definition) is 3. The molecule has 0 bridgehead atoms. The summed E-state index contributed by atoms with van der Waals surface area (Å²) in [6.45, 7) is 7.03. The Hall–Kier alpha value is -3.14. The molecule has 1 spiro atoms. The zero-order chi connectivity index (χ0) is 26.5. The molecular formula is C26H27Cl2FN6O2. The molecule has 4 N–H and O–H groups in total. The van der Waals surface area contributed by atoms with Crippen LogP contribution in [-0.4, -0.2) is 49.0 Å². The van der Waals surface area contributed by atoms with Crippen molar-refractivity contribution in [1.29, 1.82) is 5.41 Å². The van der Waals surface area contributed by atoms with Crippen molar-refractivity contribution in [3.8, 4) is 11.5 Å². The highest BCUT2D eigenvalue weighted by atomic mass is 35.5. The topological polar surface area (TPSA) is 109 Å². The number of ether oxygens (including phenoxy) is 2. The van der Waals surface area contributed by atoms with Gasteiger partial charge in [-0.25, -0.2) is 9.37 Å². The van der Waals surface area contributed by atoms with E-state index in [4.69, 9.17) is 43.8 Å². The number of nitrogens with two attached hydrogens (primary N) is 1. The number of aromatic nitrogens is 2. The fourth-order valence-corrected chi connectivity index (χ4v) is 5.47. The van der Waals surface area contributed by atoms with Gasteiger partial charge in [-0.1, -0.05) is 23.2 Å². The zero-order valence-electron chi connectivity index (χ0n) is 20.7. The first-order valence-corrected chi connectivity index (χ1v) is 12.5. The van der Waals surface area contributed by atoms with Gasteiger partial charge in [0.1, 0.15) is 6.10 Å². The number of halogens is 3. The molecule has 2 saturated heterocycles. The minimum Gasteiger partial charge on any atom is -0.493 e. The quantitative estimate of drug-likeness (QED) is 0.290. The lowest BCUT2D eigenvalue weighted by atomic mass is 9.74. The van der Waals surface area contributed by atoms with Gasteiger partial charge in [0.25, 0.3) is 0 Å². The molecule has 0 amide bonds. The normalized spacial score (nSPS) is 16.6. The van der Waals surface area contributed by atoms with Gasteiger partial charge in [0.2, 0.25) is 0 Å². The predicted molar refractivity (Wildman–Crippen MR) is 143 cm³/mol. The number of nitrogens with one attached hydrogen (secondary N) is 2. The Balaban J connectivity index is 1.41. The number of rotatable bonds is 7. The second kappa shape index (κ2) is 9.63. The summed E-state index contributed by atoms with van der Waals surface area (Å²) < 4.78 is 26.7. The molecule has 2 aliphatic heterocycles. The van der Waals surface area contributed by atoms with E-state index in [1.807, 2.05) is 4.90 Å². The molecule has 0 aliphatic carbocycles. The molecule has 2 aliphatic rings. The van der Waals surface area contributed by atoms with Crippen LogP contribution in [0.3, 0.4) is 0 Å². The molecule has 5 rings (SSSR count). The van der Waals surface area contributed by atoms with Crippen LogP contribution in [-0.2, 0) is 0 Å². The Morgan fingerprint density at radius 2 is 1.92 bits per heavy atom. The van der Waals surface area contributed by atoms with Crippen molar-refractivity contribution in [2.45, 2.75) is 20.0 Å². The summed E-state index contributed by atoms with van der Waals surface area (Å²) in [5.41, 5.74) is 8.65. The van der Waals surface area contributed by atoms with Crippen LogP contribution in [0, 0.1) is 23.6 Å². The van der Waals surface area contributed by atoms with Gasteiger partial charge >= 0.3 is 0 Å². The van der Waals surface area contributed by atoms with Crippen LogP contribution < -0.4 is 25.4 Å². The van der Waals surface area contributed by atoms with E-state index in [9.17, 15) is 0 Å². The highest BCUT2D eigenvalue weighted by molar-refractivity contribution is 6.36. The first-order valence-electron chi connectivity index (χ1n) is 11.8. The molecule has 2 aromatic heterocycles. The number of nitrogens with zero attached hydrogens (tertiary/aromatic N) is 3. The van der Waals surface area contributed by atoms with E-state index >= 15 is 4.39 Å². The maximum atomic E-state index is 15.0. The second-order valence-electron chi connectivity index (χ2n) is 9.63. The van der Waals surface area contributed by atoms with Crippen LogP contribution in [0.5, 0.6) is 11.5 Å². The van der Waals surface area contributed by atoms with E-state index < -0.39 is 11.9 Å². The third-order valence-electron chi connectivity index (χ3n) is 6.96. The molecule has 1 aromatic carbocycles. The first kappa shape index (κ1) is 25.5. The number of anilines is 2. The average molecular weight is 545 g/mol. The molecular weight excluding hydrogens is 518 g/mol. The van der Waals surface area contributed by atoms with Crippen LogP contribution >= 0.6 is 23.2 Å². The van der Waals surface area contributed by atoms with Gasteiger partial charge in [0.15, 0.2) is 23.1 Å². The lowest BCUT2D eigenvalue weighted by Gasteiger charge is -2.56. The predicted octanol–water partition coefficient (Wildman–Crippen LogP) is 4.79. The highest BCUT2D eigenvalue weighted by Crippen LogP contribution is 2.40. The Labute approximate surface area is 224 Å². The van der Waals surface area contributed by atoms with E-state index in [-0.39, 0.29) is 16.8 Å². The van der Waals surface area contributed by atoms with Gasteiger partial charge in [-0.3, -0.25) is 10.4 Å². The molecule has 0 saturated carbocycles. The summed E-state index contributed by atoms with van der Waals surface area (Å²) in [5.74, 6) is 0.529. The Morgan fingerprint density at radius 1 is 1.19 bits per heavy atom. The maximum Gasteiger partial charge on any atom is 0.166 e. The van der Waals surface area contributed by atoms with E-state index in [2.05, 4.69) is 15.3 Å². The third kappa shape index (κ3) is 4.56. The standard InChI is InChI=1S/C26H27Cl2FN6O2/c1-13-23(28)22(17(27)8-33-13)14(2)37-21-5-16(19(30)6-20(21)36-3)24(31)15-4-18(29)25(34-7-15)35-11-26(12-35)9-32-10-26/h4-8,14,31-32H,9-12,30H2,1-3H3/t14-/m1/s1. The molecule has 3 aromatic rings. The summed E-state index contributed by atoms with van der Waals surface area (Å²) in [5, 5.41) is 12.8. The van der Waals surface area contributed by atoms with Crippen LogP contribution in [0.4, 0.5) is 15.9 Å². The molecule has 37 heavy (non-hydrogen) atoms. The summed E-state index contributed by atoms with van der Waals surface area (Å²) in [6.07, 6.45) is 2.45. The Bertz CT molecular complexity index is 1390. The summed E-state index contributed by atoms with van der Waals surface area (Å²) >= 11 is 12.8. The lowest BCUT2D eigenvalue weighted by molar-refractivity contribution is 0.119. The van der Waals surface area contributed by atoms with Gasteiger partial charge in [-0.05, 0) is 26.0 Å². The number of hydrogen-bond acceptors (Lipinski definition) is 8. The molecule has 0 radical (unpaired) electrons. The molecule has 11 heteroatoms. The number of aryl methyl sites for hydroxylation is 1. The van der Waals surface area contributed by atoms with Crippen molar-refractivity contribution < 1.29 is 13.9 Å². The van der Waals surface area contributed by atoms with Crippen LogP contribution in [0.2, 0.25) is 10.0 Å². The highest BCUT2D eigenvalue weighted by Gasteiger charge is 2.48. The van der Waals surface area contributed by atoms with Crippen LogP contribution in [0.1, 0.15) is 35.4 Å². The Morgan fingerprint density at radius 3 is 2.54 bits per heavy atom. The Kier molecular flexibility index (Phi) is 6.64. The van der Waals surface area contributed by atoms with Crippen molar-refractivity contribution in [2.24, 2.45) is 5.41 Å². The van der Waals surface area contributed by atoms with E-state index in [1.54, 1.807) is 26.0 Å². The summed E-state index contributed by atoms with van der Waals surface area (Å²) in [4.78, 5) is 10.4. The molecule has 4 heterocycles. The van der Waals surface area contributed by atoms with E-state index in [0.717, 1.165) is 26.2 Å². The summed E-state index contributed by atoms with van der Waals surface area (Å²) in [7, 11) is 1.49. The number of pyridine rings is 2. The minimum absolute atomic E-state index is 0.00898. The summed E-state index contributed by atoms with van der Waals surface area (Å²) in [6, 6.07) is 4.48. The number of methoxy groups -OCH3 is 1. The molecule has 194 valence electrons. The van der Waals surface area contributed by atoms with Gasteiger partial charge in [0.05, 0.1) is 28.6 Å². The van der Waals surface area contributed by atoms with Crippen LogP contribution in [0.25, 0.3) is 0 Å². The monoisotopic (exact) mass is 544 g/mol. The van der Waals surface area contributed by atoms with Gasteiger partial charge in [-0.15, -0.1) is 0 Å². The third-order valence-corrected chi connectivity index (χ3v) is 7.74. The van der Waals surface area contributed by atoms with E-state index in [0.29, 0.717) is 49.7 Å². The largest absolute Gasteiger partial charge is 0.493 e. The van der Waals surface area contributed by atoms with Gasteiger partial charge in [0, 0.05) is 72.4 Å². The average Bonchev–Trinajstić information content (AvgIpc) is 2.81. The van der Waals surface area contributed by atoms with Crippen LogP contribution in [0.15, 0.2) is 30.6 Å². The minimum atomic E-state index is -0.565. The smallest absolute Gasteiger partial charge is 0.166 e. The first-order chi connectivity index (χ1) is 17.6. The molecule has 2 fully saturated rings. The number of nitrogen functional groups attached to an aromatic ring is 1. The van der Waals surface area contributed by atoms with Crippen molar-refractivity contribution >= 4 is 40.4 Å². The van der Waals surface area contributed by atoms with E-state index in [1.165, 1.54) is 25.6 Å². The van der Waals surface area contributed by atoms with Gasteiger partial charge in [-0.2, -0.15) is 0 Å². The number of benzene rings is 1. The van der Waals surface area contributed by atoms with Crippen molar-refractivity contribution in [1.82, 2.24) is 15.3 Å². The van der Waals surface area contributed by atoms with Crippen molar-refractivity contribution in [3.05, 3.63) is 68.8 Å².